The summed E-state index contributed by atoms with van der Waals surface area (Å²) in [6, 6.07) is 9.19. The lowest BCUT2D eigenvalue weighted by Crippen LogP contribution is -2.28. The number of carbonyl (C=O) groups is 1. The maximum Gasteiger partial charge on any atom is 0.264 e. The molecule has 1 heterocycles. The first-order valence-corrected chi connectivity index (χ1v) is 8.41. The lowest BCUT2D eigenvalue weighted by Gasteiger charge is -2.15. The van der Waals surface area contributed by atoms with Crippen LogP contribution in [0.4, 0.5) is 0 Å². The summed E-state index contributed by atoms with van der Waals surface area (Å²) in [6.07, 6.45) is 1.91. The lowest BCUT2D eigenvalue weighted by molar-refractivity contribution is 0.0941. The quantitative estimate of drug-likeness (QED) is 0.582. The minimum atomic E-state index is -3.38. The van der Waals surface area contributed by atoms with E-state index in [1.165, 1.54) is 0 Å². The summed E-state index contributed by atoms with van der Waals surface area (Å²) in [5, 5.41) is 0. The Morgan fingerprint density at radius 2 is 2.05 bits per heavy atom. The molecule has 0 bridgehead atoms. The summed E-state index contributed by atoms with van der Waals surface area (Å²) < 4.78 is 26.7. The van der Waals surface area contributed by atoms with Crippen molar-refractivity contribution in [3.63, 3.8) is 0 Å². The number of carbonyl (C=O) groups excluding carboxylic acids is 1. The van der Waals surface area contributed by atoms with Gasteiger partial charge in [0.05, 0.1) is 19.4 Å². The first-order valence-electron chi connectivity index (χ1n) is 6.59. The van der Waals surface area contributed by atoms with Gasteiger partial charge in [0.15, 0.2) is 5.78 Å². The second-order valence-electron chi connectivity index (χ2n) is 5.17. The van der Waals surface area contributed by atoms with Gasteiger partial charge in [0.2, 0.25) is 0 Å². The van der Waals surface area contributed by atoms with Gasteiger partial charge in [-0.15, -0.1) is 0 Å². The molecule has 20 heavy (non-hydrogen) atoms. The van der Waals surface area contributed by atoms with Gasteiger partial charge in [0.1, 0.15) is 0 Å². The highest BCUT2D eigenvalue weighted by Crippen LogP contribution is 2.17. The number of hydrogen-bond acceptors (Lipinski definition) is 5. The van der Waals surface area contributed by atoms with Crippen molar-refractivity contribution in [3.05, 3.63) is 35.9 Å². The number of likely N-dealkylation sites (tertiary alicyclic amines) is 1. The molecule has 1 aromatic rings. The van der Waals surface area contributed by atoms with Crippen LogP contribution < -0.4 is 0 Å². The van der Waals surface area contributed by atoms with E-state index in [-0.39, 0.29) is 18.3 Å². The maximum absolute atomic E-state index is 12.1. The fourth-order valence-corrected chi connectivity index (χ4v) is 2.77. The van der Waals surface area contributed by atoms with Crippen molar-refractivity contribution < 1.29 is 17.4 Å². The van der Waals surface area contributed by atoms with Crippen molar-refractivity contribution in [3.8, 4) is 0 Å². The zero-order valence-corrected chi connectivity index (χ0v) is 12.3. The van der Waals surface area contributed by atoms with Crippen LogP contribution in [0.1, 0.15) is 16.8 Å². The van der Waals surface area contributed by atoms with Crippen LogP contribution in [0.5, 0.6) is 0 Å². The summed E-state index contributed by atoms with van der Waals surface area (Å²) in [7, 11) is -3.38. The molecule has 1 aromatic carbocycles. The second kappa shape index (κ2) is 6.47. The van der Waals surface area contributed by atoms with Crippen LogP contribution in [-0.2, 0) is 14.3 Å². The van der Waals surface area contributed by atoms with E-state index in [9.17, 15) is 13.2 Å². The molecule has 6 heteroatoms. The van der Waals surface area contributed by atoms with Gasteiger partial charge >= 0.3 is 0 Å². The Morgan fingerprint density at radius 1 is 1.35 bits per heavy atom. The Hall–Kier alpha value is -1.24. The van der Waals surface area contributed by atoms with Gasteiger partial charge < -0.3 is 0 Å². The summed E-state index contributed by atoms with van der Waals surface area (Å²) in [5.74, 6) is 0.267. The smallest absolute Gasteiger partial charge is 0.264 e. The van der Waals surface area contributed by atoms with E-state index in [0.717, 1.165) is 19.2 Å². The number of rotatable bonds is 6. The number of ketones is 1. The number of hydrogen-bond donors (Lipinski definition) is 0. The van der Waals surface area contributed by atoms with Gasteiger partial charge in [-0.1, -0.05) is 30.3 Å². The van der Waals surface area contributed by atoms with Crippen molar-refractivity contribution in [2.45, 2.75) is 6.42 Å². The zero-order valence-electron chi connectivity index (χ0n) is 11.5. The zero-order chi connectivity index (χ0) is 14.6. The molecule has 0 aromatic heterocycles. The third kappa shape index (κ3) is 4.70. The number of Topliss-reactive ketones (excluding diaryl/α,β-unsaturated/α-hetero) is 1. The fourth-order valence-electron chi connectivity index (χ4n) is 2.33. The maximum atomic E-state index is 12.1. The molecule has 1 atom stereocenters. The Bertz CT molecular complexity index is 556. The largest absolute Gasteiger partial charge is 0.295 e. The van der Waals surface area contributed by atoms with Crippen molar-refractivity contribution in [1.29, 1.82) is 0 Å². The van der Waals surface area contributed by atoms with Crippen molar-refractivity contribution >= 4 is 15.9 Å². The molecule has 1 aliphatic heterocycles. The summed E-state index contributed by atoms with van der Waals surface area (Å²) >= 11 is 0. The number of benzene rings is 1. The first kappa shape index (κ1) is 15.2. The molecule has 0 unspecified atom stereocenters. The molecule has 110 valence electrons. The average Bonchev–Trinajstić information content (AvgIpc) is 2.84. The summed E-state index contributed by atoms with van der Waals surface area (Å²) in [5.41, 5.74) is 0.711. The van der Waals surface area contributed by atoms with Crippen LogP contribution >= 0.6 is 0 Å². The van der Waals surface area contributed by atoms with E-state index in [0.29, 0.717) is 18.7 Å². The molecular weight excluding hydrogens is 278 g/mol. The molecule has 2 rings (SSSR count). The number of nitrogens with zero attached hydrogens (tertiary/aromatic N) is 1. The third-order valence-corrected chi connectivity index (χ3v) is 3.92. The normalized spacial score (nSPS) is 20.1. The minimum absolute atomic E-state index is 0.0929. The highest BCUT2D eigenvalue weighted by Gasteiger charge is 2.25. The molecule has 0 saturated carbocycles. The van der Waals surface area contributed by atoms with E-state index in [1.807, 2.05) is 35.2 Å². The Morgan fingerprint density at radius 3 is 2.70 bits per heavy atom. The average molecular weight is 297 g/mol. The van der Waals surface area contributed by atoms with E-state index in [1.54, 1.807) is 0 Å². The van der Waals surface area contributed by atoms with Crippen LogP contribution in [0.25, 0.3) is 0 Å². The fraction of sp³-hybridized carbons (Fsp3) is 0.500. The molecule has 1 saturated heterocycles. The van der Waals surface area contributed by atoms with Crippen molar-refractivity contribution in [2.75, 3.05) is 32.5 Å². The second-order valence-corrected chi connectivity index (χ2v) is 6.81. The van der Waals surface area contributed by atoms with Crippen LogP contribution in [0, 0.1) is 5.92 Å². The van der Waals surface area contributed by atoms with Gasteiger partial charge in [-0.3, -0.25) is 13.9 Å². The van der Waals surface area contributed by atoms with Crippen molar-refractivity contribution in [2.24, 2.45) is 5.92 Å². The molecule has 0 N–H and O–H groups in total. The van der Waals surface area contributed by atoms with Crippen LogP contribution in [0.2, 0.25) is 0 Å². The van der Waals surface area contributed by atoms with Crippen LogP contribution in [0.3, 0.4) is 0 Å². The molecule has 0 aliphatic carbocycles. The van der Waals surface area contributed by atoms with Gasteiger partial charge in [-0.05, 0) is 18.9 Å². The molecular formula is C14H19NO4S. The van der Waals surface area contributed by atoms with E-state index in [2.05, 4.69) is 0 Å². The topological polar surface area (TPSA) is 63.7 Å². The summed E-state index contributed by atoms with van der Waals surface area (Å²) in [6.45, 7) is 2.08. The predicted octanol–water partition coefficient (Wildman–Crippen LogP) is 1.17. The lowest BCUT2D eigenvalue weighted by atomic mass is 10.1. The molecule has 5 nitrogen and oxygen atoms in total. The van der Waals surface area contributed by atoms with Crippen molar-refractivity contribution in [1.82, 2.24) is 4.90 Å². The first-order chi connectivity index (χ1) is 9.44. The Balaban J connectivity index is 1.80. The monoisotopic (exact) mass is 297 g/mol. The Kier molecular flexibility index (Phi) is 4.91. The minimum Gasteiger partial charge on any atom is -0.295 e. The van der Waals surface area contributed by atoms with Gasteiger partial charge in [0.25, 0.3) is 10.1 Å². The van der Waals surface area contributed by atoms with Gasteiger partial charge in [-0.25, -0.2) is 0 Å². The van der Waals surface area contributed by atoms with Gasteiger partial charge in [0, 0.05) is 12.1 Å². The molecule has 1 fully saturated rings. The van der Waals surface area contributed by atoms with Gasteiger partial charge in [-0.2, -0.15) is 8.42 Å². The van der Waals surface area contributed by atoms with E-state index >= 15 is 0 Å². The SMILES string of the molecule is CS(=O)(=O)OC[C@H]1CCN(CC(=O)c2ccccc2)C1. The molecule has 0 amide bonds. The van der Waals surface area contributed by atoms with E-state index < -0.39 is 10.1 Å². The molecule has 1 aliphatic rings. The molecule has 0 radical (unpaired) electrons. The third-order valence-electron chi connectivity index (χ3n) is 3.35. The van der Waals surface area contributed by atoms with Crippen LogP contribution in [0.15, 0.2) is 30.3 Å². The molecule has 0 spiro atoms. The van der Waals surface area contributed by atoms with Crippen LogP contribution in [-0.4, -0.2) is 51.6 Å². The highest BCUT2D eigenvalue weighted by molar-refractivity contribution is 7.85. The standard InChI is InChI=1S/C14H19NO4S/c1-20(17,18)19-11-12-7-8-15(9-12)10-14(16)13-5-3-2-4-6-13/h2-6,12H,7-11H2,1H3/t12-/m0/s1. The van der Waals surface area contributed by atoms with E-state index in [4.69, 9.17) is 4.18 Å². The summed E-state index contributed by atoms with van der Waals surface area (Å²) in [4.78, 5) is 14.1. The predicted molar refractivity (Wildman–Crippen MR) is 76.1 cm³/mol. The highest BCUT2D eigenvalue weighted by atomic mass is 32.2. The Labute approximate surface area is 119 Å².